The van der Waals surface area contributed by atoms with E-state index in [1.54, 1.807) is 6.07 Å². The Hall–Kier alpha value is -1.85. The van der Waals surface area contributed by atoms with Gasteiger partial charge in [0.2, 0.25) is 0 Å². The number of hydrogen-bond acceptors (Lipinski definition) is 4. The summed E-state index contributed by atoms with van der Waals surface area (Å²) in [6.07, 6.45) is 0. The molecular weight excluding hydrogens is 262 g/mol. The molecule has 2 rings (SSSR count). The van der Waals surface area contributed by atoms with Gasteiger partial charge >= 0.3 is 5.97 Å². The quantitative estimate of drug-likeness (QED) is 0.764. The fourth-order valence-electron chi connectivity index (χ4n) is 1.56. The second-order valence-corrected chi connectivity index (χ2v) is 5.08. The predicted octanol–water partition coefficient (Wildman–Crippen LogP) is 2.61. The lowest BCUT2D eigenvalue weighted by molar-refractivity contribution is 0.0702. The summed E-state index contributed by atoms with van der Waals surface area (Å²) < 4.78 is 5.53. The second kappa shape index (κ2) is 6.92. The average molecular weight is 277 g/mol. The van der Waals surface area contributed by atoms with E-state index in [1.165, 1.54) is 11.3 Å². The fraction of sp³-hybridized carbons (Fsp3) is 0.214. The van der Waals surface area contributed by atoms with Crippen molar-refractivity contribution in [1.29, 1.82) is 0 Å². The van der Waals surface area contributed by atoms with Crippen molar-refractivity contribution in [3.8, 4) is 5.75 Å². The molecular formula is C14H15NO3S. The second-order valence-electron chi connectivity index (χ2n) is 3.91. The largest absolute Gasteiger partial charge is 0.492 e. The number of nitrogens with one attached hydrogen (secondary N) is 1. The van der Waals surface area contributed by atoms with Gasteiger partial charge < -0.3 is 15.2 Å². The molecule has 0 atom stereocenters. The van der Waals surface area contributed by atoms with Crippen LogP contribution in [0.25, 0.3) is 0 Å². The number of carboxylic acids is 1. The molecule has 1 aromatic carbocycles. The molecule has 1 heterocycles. The molecule has 0 spiro atoms. The molecule has 0 aliphatic carbocycles. The summed E-state index contributed by atoms with van der Waals surface area (Å²) in [5.41, 5.74) is 0. The van der Waals surface area contributed by atoms with Gasteiger partial charge in [-0.3, -0.25) is 0 Å². The first-order valence-electron chi connectivity index (χ1n) is 5.96. The minimum Gasteiger partial charge on any atom is -0.492 e. The molecule has 0 saturated heterocycles. The molecule has 0 aliphatic heterocycles. The normalized spacial score (nSPS) is 10.3. The molecule has 100 valence electrons. The minimum atomic E-state index is -0.872. The highest BCUT2D eigenvalue weighted by Crippen LogP contribution is 2.15. The Morgan fingerprint density at radius 1 is 1.21 bits per heavy atom. The number of aromatic carboxylic acids is 1. The van der Waals surface area contributed by atoms with Crippen LogP contribution in [0, 0.1) is 0 Å². The topological polar surface area (TPSA) is 58.6 Å². The number of hydrogen-bond donors (Lipinski definition) is 2. The monoisotopic (exact) mass is 277 g/mol. The maximum atomic E-state index is 10.7. The molecule has 0 unspecified atom stereocenters. The fourth-order valence-corrected chi connectivity index (χ4v) is 2.37. The molecule has 5 heteroatoms. The van der Waals surface area contributed by atoms with Crippen molar-refractivity contribution in [3.05, 3.63) is 52.2 Å². The standard InChI is InChI=1S/C14H15NO3S/c16-14(17)13-7-6-12(19-13)10-15-8-9-18-11-4-2-1-3-5-11/h1-7,15H,8-10H2,(H,16,17). The Morgan fingerprint density at radius 3 is 2.68 bits per heavy atom. The molecule has 0 fully saturated rings. The number of para-hydroxylation sites is 1. The molecule has 4 nitrogen and oxygen atoms in total. The van der Waals surface area contributed by atoms with Crippen molar-refractivity contribution in [3.63, 3.8) is 0 Å². The van der Waals surface area contributed by atoms with Crippen molar-refractivity contribution in [2.45, 2.75) is 6.54 Å². The lowest BCUT2D eigenvalue weighted by Crippen LogP contribution is -2.20. The summed E-state index contributed by atoms with van der Waals surface area (Å²) in [5.74, 6) is -0.0164. The van der Waals surface area contributed by atoms with Gasteiger partial charge in [-0.25, -0.2) is 4.79 Å². The molecule has 0 aliphatic rings. The van der Waals surface area contributed by atoms with Crippen LogP contribution in [-0.2, 0) is 6.54 Å². The Morgan fingerprint density at radius 2 is 2.00 bits per heavy atom. The Bertz CT molecular complexity index is 524. The summed E-state index contributed by atoms with van der Waals surface area (Å²) >= 11 is 1.29. The zero-order valence-electron chi connectivity index (χ0n) is 10.3. The van der Waals surface area contributed by atoms with Crippen LogP contribution in [0.4, 0.5) is 0 Å². The zero-order valence-corrected chi connectivity index (χ0v) is 11.2. The molecule has 0 saturated carbocycles. The van der Waals surface area contributed by atoms with E-state index in [-0.39, 0.29) is 0 Å². The zero-order chi connectivity index (χ0) is 13.5. The van der Waals surface area contributed by atoms with Crippen LogP contribution in [0.5, 0.6) is 5.75 Å². The van der Waals surface area contributed by atoms with Crippen molar-refractivity contribution >= 4 is 17.3 Å². The summed E-state index contributed by atoms with van der Waals surface area (Å²) in [4.78, 5) is 12.1. The van der Waals surface area contributed by atoms with Gasteiger partial charge in [0.15, 0.2) is 0 Å². The van der Waals surface area contributed by atoms with E-state index in [9.17, 15) is 4.79 Å². The van der Waals surface area contributed by atoms with Gasteiger partial charge in [-0.2, -0.15) is 0 Å². The lowest BCUT2D eigenvalue weighted by atomic mass is 10.3. The first-order valence-corrected chi connectivity index (χ1v) is 6.78. The lowest BCUT2D eigenvalue weighted by Gasteiger charge is -2.06. The van der Waals surface area contributed by atoms with E-state index in [4.69, 9.17) is 9.84 Å². The summed E-state index contributed by atoms with van der Waals surface area (Å²) in [6, 6.07) is 13.1. The Balaban J connectivity index is 1.65. The minimum absolute atomic E-state index is 0.373. The van der Waals surface area contributed by atoms with E-state index in [2.05, 4.69) is 5.32 Å². The Kier molecular flexibility index (Phi) is 4.94. The van der Waals surface area contributed by atoms with Gasteiger partial charge in [0.05, 0.1) is 0 Å². The van der Waals surface area contributed by atoms with Crippen LogP contribution >= 0.6 is 11.3 Å². The summed E-state index contributed by atoms with van der Waals surface area (Å²) in [6.45, 7) is 1.96. The molecule has 2 N–H and O–H groups in total. The molecule has 0 amide bonds. The first kappa shape index (κ1) is 13.6. The van der Waals surface area contributed by atoms with E-state index in [0.717, 1.165) is 17.2 Å². The van der Waals surface area contributed by atoms with Crippen LogP contribution in [0.3, 0.4) is 0 Å². The third-order valence-corrected chi connectivity index (χ3v) is 3.54. The third kappa shape index (κ3) is 4.39. The molecule has 1 aromatic heterocycles. The van der Waals surface area contributed by atoms with E-state index >= 15 is 0 Å². The molecule has 0 radical (unpaired) electrons. The summed E-state index contributed by atoms with van der Waals surface area (Å²) in [7, 11) is 0. The van der Waals surface area contributed by atoms with Crippen molar-refractivity contribution in [2.24, 2.45) is 0 Å². The van der Waals surface area contributed by atoms with Crippen LogP contribution in [0.2, 0.25) is 0 Å². The molecule has 2 aromatic rings. The third-order valence-electron chi connectivity index (χ3n) is 2.46. The van der Waals surface area contributed by atoms with Gasteiger partial charge in [-0.05, 0) is 24.3 Å². The number of thiophene rings is 1. The van der Waals surface area contributed by atoms with E-state index in [0.29, 0.717) is 18.0 Å². The van der Waals surface area contributed by atoms with Crippen LogP contribution in [-0.4, -0.2) is 24.2 Å². The van der Waals surface area contributed by atoms with Crippen molar-refractivity contribution in [1.82, 2.24) is 5.32 Å². The number of benzene rings is 1. The van der Waals surface area contributed by atoms with Gasteiger partial charge in [0.25, 0.3) is 0 Å². The Labute approximate surface area is 115 Å². The average Bonchev–Trinajstić information content (AvgIpc) is 2.89. The van der Waals surface area contributed by atoms with Gasteiger partial charge in [-0.1, -0.05) is 18.2 Å². The molecule has 19 heavy (non-hydrogen) atoms. The van der Waals surface area contributed by atoms with Crippen molar-refractivity contribution < 1.29 is 14.6 Å². The SMILES string of the molecule is O=C(O)c1ccc(CNCCOc2ccccc2)s1. The van der Waals surface area contributed by atoms with Gasteiger partial charge in [-0.15, -0.1) is 11.3 Å². The first-order chi connectivity index (χ1) is 9.25. The van der Waals surface area contributed by atoms with Crippen LogP contribution in [0.1, 0.15) is 14.5 Å². The van der Waals surface area contributed by atoms with Gasteiger partial charge in [0, 0.05) is 18.0 Å². The maximum Gasteiger partial charge on any atom is 0.345 e. The van der Waals surface area contributed by atoms with Crippen molar-refractivity contribution in [2.75, 3.05) is 13.2 Å². The van der Waals surface area contributed by atoms with E-state index < -0.39 is 5.97 Å². The highest BCUT2D eigenvalue weighted by atomic mass is 32.1. The number of carboxylic acid groups (broad SMARTS) is 1. The smallest absolute Gasteiger partial charge is 0.345 e. The van der Waals surface area contributed by atoms with Gasteiger partial charge in [0.1, 0.15) is 17.2 Å². The van der Waals surface area contributed by atoms with Crippen LogP contribution in [0.15, 0.2) is 42.5 Å². The number of ether oxygens (including phenoxy) is 1. The van der Waals surface area contributed by atoms with E-state index in [1.807, 2.05) is 36.4 Å². The van der Waals surface area contributed by atoms with Crippen LogP contribution < -0.4 is 10.1 Å². The highest BCUT2D eigenvalue weighted by Gasteiger charge is 2.06. The molecule has 0 bridgehead atoms. The summed E-state index contributed by atoms with van der Waals surface area (Å²) in [5, 5.41) is 12.0. The number of carbonyl (C=O) groups is 1. The maximum absolute atomic E-state index is 10.7. The number of rotatable bonds is 7. The predicted molar refractivity (Wildman–Crippen MR) is 74.9 cm³/mol. The highest BCUT2D eigenvalue weighted by molar-refractivity contribution is 7.13.